The Morgan fingerprint density at radius 1 is 1.44 bits per heavy atom. The number of rotatable bonds is 2. The second-order valence-corrected chi connectivity index (χ2v) is 3.76. The van der Waals surface area contributed by atoms with Gasteiger partial charge in [0.25, 0.3) is 0 Å². The van der Waals surface area contributed by atoms with E-state index in [0.29, 0.717) is 12.8 Å². The second-order valence-electron chi connectivity index (χ2n) is 3.76. The molecule has 3 nitrogen and oxygen atoms in total. The Morgan fingerprint density at radius 3 is 2.62 bits per heavy atom. The van der Waals surface area contributed by atoms with E-state index >= 15 is 0 Å². The molecule has 0 fully saturated rings. The minimum absolute atomic E-state index is 0.283. The quantitative estimate of drug-likeness (QED) is 0.608. The van der Waals surface area contributed by atoms with E-state index < -0.39 is 0 Å². The van der Waals surface area contributed by atoms with Crippen molar-refractivity contribution in [1.29, 1.82) is 0 Å². The van der Waals surface area contributed by atoms with Crippen molar-refractivity contribution in [2.45, 2.75) is 26.3 Å². The Bertz CT molecular complexity index is 318. The Balaban J connectivity index is 0.000000280. The van der Waals surface area contributed by atoms with Gasteiger partial charge in [-0.1, -0.05) is 38.0 Å². The van der Waals surface area contributed by atoms with Gasteiger partial charge in [-0.3, -0.25) is 0 Å². The van der Waals surface area contributed by atoms with E-state index in [1.54, 1.807) is 7.11 Å². The molecule has 0 saturated heterocycles. The first-order chi connectivity index (χ1) is 7.74. The lowest BCUT2D eigenvalue weighted by Gasteiger charge is -2.08. The van der Waals surface area contributed by atoms with E-state index in [4.69, 9.17) is 10.4 Å². The van der Waals surface area contributed by atoms with E-state index in [2.05, 4.69) is 42.7 Å². The molecule has 1 aromatic carbocycles. The third kappa shape index (κ3) is 3.08. The molecule has 0 aliphatic carbocycles. The number of ether oxygens (including phenoxy) is 1. The van der Waals surface area contributed by atoms with Gasteiger partial charge in [-0.05, 0) is 17.4 Å². The van der Waals surface area contributed by atoms with Crippen LogP contribution in [0.1, 0.15) is 25.0 Å². The minimum Gasteiger partial charge on any atom is -0.424 e. The largest absolute Gasteiger partial charge is 0.424 e. The lowest BCUT2D eigenvalue weighted by Crippen LogP contribution is -2.23. The summed E-state index contributed by atoms with van der Waals surface area (Å²) in [6.45, 7) is 4.89. The molecule has 16 heavy (non-hydrogen) atoms. The summed E-state index contributed by atoms with van der Waals surface area (Å²) in [5, 5.41) is 0. The maximum Gasteiger partial charge on any atom is 0.324 e. The number of nitrogens with two attached hydrogens (primary N) is 1. The molecular formula is C12H20BNO2. The van der Waals surface area contributed by atoms with Gasteiger partial charge >= 0.3 is 6.92 Å². The van der Waals surface area contributed by atoms with Gasteiger partial charge < -0.3 is 15.1 Å². The second kappa shape index (κ2) is 6.68. The first-order valence-corrected chi connectivity index (χ1v) is 5.67. The van der Waals surface area contributed by atoms with Crippen molar-refractivity contribution in [2.75, 3.05) is 13.8 Å². The zero-order valence-electron chi connectivity index (χ0n) is 10.3. The van der Waals surface area contributed by atoms with Crippen molar-refractivity contribution in [3.63, 3.8) is 0 Å². The lowest BCUT2D eigenvalue weighted by atomic mass is 9.64. The number of hydrogen-bond donors (Lipinski definition) is 1. The third-order valence-electron chi connectivity index (χ3n) is 2.69. The summed E-state index contributed by atoms with van der Waals surface area (Å²) >= 11 is 0. The molecule has 1 aliphatic heterocycles. The summed E-state index contributed by atoms with van der Waals surface area (Å²) in [5.74, 6) is 0. The van der Waals surface area contributed by atoms with Crippen LogP contribution in [0.15, 0.2) is 24.3 Å². The van der Waals surface area contributed by atoms with Crippen LogP contribution in [0.4, 0.5) is 0 Å². The first-order valence-electron chi connectivity index (χ1n) is 5.67. The number of hydrogen-bond acceptors (Lipinski definition) is 3. The molecule has 4 heteroatoms. The van der Waals surface area contributed by atoms with Crippen LogP contribution in [-0.4, -0.2) is 20.8 Å². The summed E-state index contributed by atoms with van der Waals surface area (Å²) < 4.78 is 10.1. The van der Waals surface area contributed by atoms with Gasteiger partial charge in [-0.2, -0.15) is 0 Å². The molecule has 0 spiro atoms. The maximum absolute atomic E-state index is 5.78. The molecule has 0 amide bonds. The Morgan fingerprint density at radius 2 is 2.06 bits per heavy atom. The predicted octanol–water partition coefficient (Wildman–Crippen LogP) is 1.55. The molecule has 0 bridgehead atoms. The summed E-state index contributed by atoms with van der Waals surface area (Å²) in [7, 11) is 1.56. The molecule has 0 aromatic heterocycles. The van der Waals surface area contributed by atoms with E-state index in [1.807, 2.05) is 0 Å². The highest BCUT2D eigenvalue weighted by Gasteiger charge is 2.29. The van der Waals surface area contributed by atoms with Gasteiger partial charge in [0.1, 0.15) is 0 Å². The van der Waals surface area contributed by atoms with Crippen LogP contribution >= 0.6 is 0 Å². The topological polar surface area (TPSA) is 44.5 Å². The first kappa shape index (κ1) is 13.2. The molecule has 88 valence electrons. The smallest absolute Gasteiger partial charge is 0.324 e. The molecular weight excluding hydrogens is 201 g/mol. The van der Waals surface area contributed by atoms with Gasteiger partial charge in [-0.25, -0.2) is 0 Å². The van der Waals surface area contributed by atoms with Crippen LogP contribution < -0.4 is 11.2 Å². The Labute approximate surface area is 98.0 Å². The van der Waals surface area contributed by atoms with Crippen molar-refractivity contribution in [3.05, 3.63) is 29.8 Å². The van der Waals surface area contributed by atoms with Crippen molar-refractivity contribution < 1.29 is 9.39 Å². The summed E-state index contributed by atoms with van der Waals surface area (Å²) in [5.41, 5.74) is 7.55. The number of benzene rings is 1. The average Bonchev–Trinajstić information content (AvgIpc) is 2.67. The molecule has 1 aromatic rings. The van der Waals surface area contributed by atoms with E-state index in [9.17, 15) is 0 Å². The van der Waals surface area contributed by atoms with Crippen LogP contribution in [0.3, 0.4) is 0 Å². The molecule has 0 unspecified atom stereocenters. The fourth-order valence-electron chi connectivity index (χ4n) is 1.88. The van der Waals surface area contributed by atoms with Gasteiger partial charge in [0.15, 0.2) is 0 Å². The van der Waals surface area contributed by atoms with Crippen LogP contribution in [0, 0.1) is 0 Å². The van der Waals surface area contributed by atoms with Crippen LogP contribution in [0.25, 0.3) is 0 Å². The molecule has 2 N–H and O–H groups in total. The molecule has 0 radical (unpaired) electrons. The van der Waals surface area contributed by atoms with E-state index in [0.717, 1.165) is 6.42 Å². The monoisotopic (exact) mass is 221 g/mol. The Hall–Kier alpha value is -0.835. The molecule has 2 rings (SSSR count). The fraction of sp³-hybridized carbons (Fsp3) is 0.500. The van der Waals surface area contributed by atoms with Crippen molar-refractivity contribution >= 4 is 12.4 Å². The van der Waals surface area contributed by atoms with Gasteiger partial charge in [0, 0.05) is 7.11 Å². The predicted molar refractivity (Wildman–Crippen MR) is 67.9 cm³/mol. The summed E-state index contributed by atoms with van der Waals surface area (Å²) in [6.07, 6.45) is 1.40. The highest BCUT2D eigenvalue weighted by Crippen LogP contribution is 2.26. The zero-order chi connectivity index (χ0) is 12.0. The summed E-state index contributed by atoms with van der Waals surface area (Å²) in [4.78, 5) is 0. The average molecular weight is 221 g/mol. The number of fused-ring (bicyclic) bond motifs is 1. The van der Waals surface area contributed by atoms with Gasteiger partial charge in [0.2, 0.25) is 0 Å². The fourth-order valence-corrected chi connectivity index (χ4v) is 1.88. The zero-order valence-corrected chi connectivity index (χ0v) is 10.3. The van der Waals surface area contributed by atoms with Gasteiger partial charge in [-0.15, -0.1) is 0 Å². The third-order valence-corrected chi connectivity index (χ3v) is 2.69. The van der Waals surface area contributed by atoms with E-state index in [1.165, 1.54) is 11.0 Å². The maximum atomic E-state index is 5.78. The van der Waals surface area contributed by atoms with Crippen molar-refractivity contribution in [2.24, 2.45) is 5.73 Å². The van der Waals surface area contributed by atoms with Gasteiger partial charge in [0.05, 0.1) is 12.8 Å². The lowest BCUT2D eigenvalue weighted by molar-refractivity contribution is 0.207. The molecule has 1 heterocycles. The summed E-state index contributed by atoms with van der Waals surface area (Å²) in [6, 6.07) is 8.50. The van der Waals surface area contributed by atoms with Crippen LogP contribution in [-0.2, 0) is 9.39 Å². The normalized spacial score (nSPS) is 17.8. The van der Waals surface area contributed by atoms with Crippen LogP contribution in [0.2, 0.25) is 6.82 Å². The highest BCUT2D eigenvalue weighted by atomic mass is 16.5. The molecule has 1 aliphatic rings. The van der Waals surface area contributed by atoms with Crippen molar-refractivity contribution in [1.82, 2.24) is 0 Å². The van der Waals surface area contributed by atoms with Crippen LogP contribution in [0.5, 0.6) is 0 Å². The molecule has 1 atom stereocenters. The molecule has 0 saturated carbocycles. The SMILES string of the molecule is CC[C@@H]1OB(C)c2ccccc21.COCN. The number of methoxy groups -OCH3 is 1. The van der Waals surface area contributed by atoms with Crippen molar-refractivity contribution in [3.8, 4) is 0 Å². The minimum atomic E-state index is 0.283. The standard InChI is InChI=1S/C10H13BO.C2H7NO/c1-3-10-8-6-4-5-7-9(8)11(2)12-10;1-4-2-3/h4-7,10H,3H2,1-2H3;2-3H2,1H3/t10-;/m0./s1. The van der Waals surface area contributed by atoms with E-state index in [-0.39, 0.29) is 6.92 Å². The highest BCUT2D eigenvalue weighted by molar-refractivity contribution is 6.67. The Kier molecular flexibility index (Phi) is 5.53.